The van der Waals surface area contributed by atoms with Crippen molar-refractivity contribution in [2.24, 2.45) is 11.8 Å². The van der Waals surface area contributed by atoms with Crippen LogP contribution >= 0.6 is 11.6 Å². The molecule has 3 aliphatic rings. The van der Waals surface area contributed by atoms with Crippen LogP contribution in [0, 0.1) is 33.3 Å². The minimum absolute atomic E-state index is 0.0623. The van der Waals surface area contributed by atoms with E-state index in [9.17, 15) is 29.8 Å². The number of carbonyl (C=O) groups is 3. The summed E-state index contributed by atoms with van der Waals surface area (Å²) >= 11 is 5.94. The molecule has 10 heteroatoms. The SMILES string of the molecule is N#CC1=C[C@@H]2[C@H]3C(=O)N(c4ccc(Cl)cc4)C(=O)[C@H]3[C@@H](C(=O)c3cccc([N+](=O)[O-])c3)N2C=C1. The normalized spacial score (nSPS) is 25.0. The third kappa shape index (κ3) is 3.19. The number of carbonyl (C=O) groups excluding carboxylic acids is 3. The Hall–Kier alpha value is -4.29. The lowest BCUT2D eigenvalue weighted by atomic mass is 9.86. The van der Waals surface area contributed by atoms with E-state index in [0.29, 0.717) is 16.3 Å². The number of amides is 2. The van der Waals surface area contributed by atoms with Crippen molar-refractivity contribution in [3.8, 4) is 6.07 Å². The Bertz CT molecular complexity index is 1360. The number of anilines is 1. The predicted molar refractivity (Wildman–Crippen MR) is 121 cm³/mol. The van der Waals surface area contributed by atoms with Gasteiger partial charge < -0.3 is 4.90 Å². The van der Waals surface area contributed by atoms with Gasteiger partial charge in [-0.05, 0) is 36.4 Å². The maximum atomic E-state index is 13.6. The van der Waals surface area contributed by atoms with Crippen molar-refractivity contribution >= 4 is 40.6 Å². The van der Waals surface area contributed by atoms with Crippen LogP contribution in [0.15, 0.2) is 72.5 Å². The Kier molecular flexibility index (Phi) is 5.03. The molecule has 2 fully saturated rings. The van der Waals surface area contributed by atoms with Crippen LogP contribution in [0.5, 0.6) is 0 Å². The van der Waals surface area contributed by atoms with Crippen LogP contribution in [0.1, 0.15) is 10.4 Å². The van der Waals surface area contributed by atoms with Gasteiger partial charge in [-0.2, -0.15) is 5.26 Å². The average molecular weight is 475 g/mol. The maximum Gasteiger partial charge on any atom is 0.270 e. The molecule has 0 aliphatic carbocycles. The fourth-order valence-electron chi connectivity index (χ4n) is 4.91. The number of hydrogen-bond donors (Lipinski definition) is 0. The molecule has 0 bridgehead atoms. The molecule has 4 atom stereocenters. The standard InChI is InChI=1S/C24H15ClN4O5/c25-15-4-6-16(7-5-15)28-23(31)19-18-10-13(12-26)8-9-27(18)21(20(19)24(28)32)22(30)14-2-1-3-17(11-14)29(33)34/h1-11,18-21H/t18-,19-,20-,21+/m1/s1. The number of nitriles is 1. The highest BCUT2D eigenvalue weighted by atomic mass is 35.5. The second kappa shape index (κ2) is 7.93. The Morgan fingerprint density at radius 1 is 1.09 bits per heavy atom. The summed E-state index contributed by atoms with van der Waals surface area (Å²) in [7, 11) is 0. The molecule has 2 aromatic rings. The Morgan fingerprint density at radius 3 is 2.47 bits per heavy atom. The van der Waals surface area contributed by atoms with Gasteiger partial charge in [0, 0.05) is 28.9 Å². The summed E-state index contributed by atoms with van der Waals surface area (Å²) in [5, 5.41) is 21.0. The molecule has 9 nitrogen and oxygen atoms in total. The zero-order valence-corrected chi connectivity index (χ0v) is 18.1. The molecular weight excluding hydrogens is 460 g/mol. The van der Waals surface area contributed by atoms with Gasteiger partial charge in [0.25, 0.3) is 5.69 Å². The van der Waals surface area contributed by atoms with E-state index in [0.717, 1.165) is 11.0 Å². The second-order valence-corrected chi connectivity index (χ2v) is 8.58. The minimum atomic E-state index is -1.07. The van der Waals surface area contributed by atoms with Crippen LogP contribution in [-0.2, 0) is 9.59 Å². The summed E-state index contributed by atoms with van der Waals surface area (Å²) < 4.78 is 0. The number of allylic oxidation sites excluding steroid dienone is 2. The molecule has 2 amide bonds. The number of halogens is 1. The molecule has 0 radical (unpaired) electrons. The van der Waals surface area contributed by atoms with Crippen molar-refractivity contribution in [2.75, 3.05) is 4.90 Å². The van der Waals surface area contributed by atoms with Gasteiger partial charge in [0.05, 0.1) is 40.1 Å². The number of nitro groups is 1. The van der Waals surface area contributed by atoms with E-state index >= 15 is 0 Å². The average Bonchev–Trinajstić information content (AvgIpc) is 3.31. The Labute approximate surface area is 198 Å². The highest BCUT2D eigenvalue weighted by Gasteiger charge is 2.63. The van der Waals surface area contributed by atoms with Crippen LogP contribution < -0.4 is 4.90 Å². The van der Waals surface area contributed by atoms with Gasteiger partial charge in [0.1, 0.15) is 6.04 Å². The molecule has 168 valence electrons. The molecule has 2 aromatic carbocycles. The molecule has 2 saturated heterocycles. The second-order valence-electron chi connectivity index (χ2n) is 8.14. The number of ketones is 1. The number of Topliss-reactive ketones (excluding diaryl/α,β-unsaturated/α-hetero) is 1. The Morgan fingerprint density at radius 2 is 1.79 bits per heavy atom. The highest BCUT2D eigenvalue weighted by Crippen LogP contribution is 2.47. The first-order valence-corrected chi connectivity index (χ1v) is 10.7. The Balaban J connectivity index is 1.60. The number of fused-ring (bicyclic) bond motifs is 3. The van der Waals surface area contributed by atoms with Crippen LogP contribution in [0.4, 0.5) is 11.4 Å². The van der Waals surface area contributed by atoms with Gasteiger partial charge in [0.2, 0.25) is 11.8 Å². The van der Waals surface area contributed by atoms with Gasteiger partial charge in [0.15, 0.2) is 5.78 Å². The number of imide groups is 1. The fraction of sp³-hybridized carbons (Fsp3) is 0.167. The molecule has 0 spiro atoms. The van der Waals surface area contributed by atoms with Crippen LogP contribution in [0.3, 0.4) is 0 Å². The fourth-order valence-corrected chi connectivity index (χ4v) is 5.04. The van der Waals surface area contributed by atoms with Crippen molar-refractivity contribution in [3.63, 3.8) is 0 Å². The summed E-state index contributed by atoms with van der Waals surface area (Å²) in [4.78, 5) is 54.0. The summed E-state index contributed by atoms with van der Waals surface area (Å²) in [6, 6.07) is 11.8. The van der Waals surface area contributed by atoms with Crippen LogP contribution in [-0.4, -0.2) is 39.5 Å². The summed E-state index contributed by atoms with van der Waals surface area (Å²) in [6.07, 6.45) is 4.63. The zero-order chi connectivity index (χ0) is 24.1. The molecular formula is C24H15ClN4O5. The van der Waals surface area contributed by atoms with E-state index in [1.807, 2.05) is 6.07 Å². The first-order chi connectivity index (χ1) is 16.3. The molecule has 34 heavy (non-hydrogen) atoms. The third-order valence-electron chi connectivity index (χ3n) is 6.37. The molecule has 5 rings (SSSR count). The molecule has 0 N–H and O–H groups in total. The summed E-state index contributed by atoms with van der Waals surface area (Å²) in [6.45, 7) is 0. The largest absolute Gasteiger partial charge is 0.359 e. The summed E-state index contributed by atoms with van der Waals surface area (Å²) in [5.41, 5.74) is 0.452. The number of nitro benzene ring substituents is 1. The quantitative estimate of drug-likeness (QED) is 0.288. The van der Waals surface area contributed by atoms with Gasteiger partial charge in [-0.25, -0.2) is 4.90 Å². The number of benzene rings is 2. The van der Waals surface area contributed by atoms with Gasteiger partial charge in [-0.1, -0.05) is 23.7 Å². The molecule has 3 aliphatic heterocycles. The van der Waals surface area contributed by atoms with E-state index in [2.05, 4.69) is 0 Å². The van der Waals surface area contributed by atoms with Crippen LogP contribution in [0.2, 0.25) is 5.02 Å². The number of rotatable bonds is 4. The lowest BCUT2D eigenvalue weighted by Gasteiger charge is -2.32. The summed E-state index contributed by atoms with van der Waals surface area (Å²) in [5.74, 6) is -3.47. The molecule has 0 aromatic heterocycles. The first kappa shape index (κ1) is 21.6. The van der Waals surface area contributed by atoms with E-state index in [4.69, 9.17) is 11.6 Å². The monoisotopic (exact) mass is 474 g/mol. The van der Waals surface area contributed by atoms with Crippen LogP contribution in [0.25, 0.3) is 0 Å². The van der Waals surface area contributed by atoms with Gasteiger partial charge in [-0.15, -0.1) is 0 Å². The van der Waals surface area contributed by atoms with Crippen molar-refractivity contribution < 1.29 is 19.3 Å². The minimum Gasteiger partial charge on any atom is -0.359 e. The van der Waals surface area contributed by atoms with Crippen molar-refractivity contribution in [3.05, 3.63) is 93.2 Å². The third-order valence-corrected chi connectivity index (χ3v) is 6.62. The lowest BCUT2D eigenvalue weighted by Crippen LogP contribution is -2.46. The molecule has 0 unspecified atom stereocenters. The van der Waals surface area contributed by atoms with Gasteiger partial charge in [-0.3, -0.25) is 24.5 Å². The number of nitrogens with zero attached hydrogens (tertiary/aromatic N) is 4. The highest BCUT2D eigenvalue weighted by molar-refractivity contribution is 6.31. The smallest absolute Gasteiger partial charge is 0.270 e. The molecule has 0 saturated carbocycles. The maximum absolute atomic E-state index is 13.6. The van der Waals surface area contributed by atoms with Crippen molar-refractivity contribution in [1.82, 2.24) is 4.90 Å². The topological polar surface area (TPSA) is 125 Å². The van der Waals surface area contributed by atoms with Crippen molar-refractivity contribution in [1.29, 1.82) is 5.26 Å². The van der Waals surface area contributed by atoms with E-state index in [1.165, 1.54) is 30.5 Å². The number of non-ortho nitro benzene ring substituents is 1. The van der Waals surface area contributed by atoms with Gasteiger partial charge >= 0.3 is 0 Å². The van der Waals surface area contributed by atoms with E-state index in [1.54, 1.807) is 35.2 Å². The van der Waals surface area contributed by atoms with Crippen molar-refractivity contribution in [2.45, 2.75) is 12.1 Å². The lowest BCUT2D eigenvalue weighted by molar-refractivity contribution is -0.384. The van der Waals surface area contributed by atoms with E-state index < -0.39 is 46.4 Å². The molecule has 3 heterocycles. The first-order valence-electron chi connectivity index (χ1n) is 10.3. The zero-order valence-electron chi connectivity index (χ0n) is 17.4. The number of hydrogen-bond acceptors (Lipinski definition) is 7. The van der Waals surface area contributed by atoms with E-state index in [-0.39, 0.29) is 11.3 Å². The predicted octanol–water partition coefficient (Wildman–Crippen LogP) is 3.27.